The van der Waals surface area contributed by atoms with Crippen LogP contribution in [0.2, 0.25) is 0 Å². The van der Waals surface area contributed by atoms with Crippen molar-refractivity contribution in [3.63, 3.8) is 0 Å². The second-order valence-corrected chi connectivity index (χ2v) is 8.49. The summed E-state index contributed by atoms with van der Waals surface area (Å²) in [6.45, 7) is 3.67. The van der Waals surface area contributed by atoms with Crippen LogP contribution >= 0.6 is 24.0 Å². The van der Waals surface area contributed by atoms with Crippen molar-refractivity contribution in [2.45, 2.75) is 50.7 Å². The molecule has 1 aliphatic carbocycles. The first kappa shape index (κ1) is 25.1. The molecule has 33 heavy (non-hydrogen) atoms. The van der Waals surface area contributed by atoms with Crippen molar-refractivity contribution in [3.05, 3.63) is 59.7 Å². The first-order valence-electron chi connectivity index (χ1n) is 11.5. The lowest BCUT2D eigenvalue weighted by Gasteiger charge is -2.40. The Bertz CT molecular complexity index is 958. The minimum absolute atomic E-state index is 0. The Labute approximate surface area is 212 Å². The molecule has 2 aromatic rings. The van der Waals surface area contributed by atoms with Crippen molar-refractivity contribution in [2.24, 2.45) is 4.99 Å². The van der Waals surface area contributed by atoms with Crippen LogP contribution in [-0.2, 0) is 0 Å². The van der Waals surface area contributed by atoms with Gasteiger partial charge in [-0.3, -0.25) is 9.79 Å². The number of hydrogen-bond donors (Lipinski definition) is 4. The third-order valence-corrected chi connectivity index (χ3v) is 6.16. The average molecular weight is 564 g/mol. The van der Waals surface area contributed by atoms with Crippen molar-refractivity contribution in [3.8, 4) is 11.5 Å². The van der Waals surface area contributed by atoms with Gasteiger partial charge in [-0.25, -0.2) is 0 Å². The number of benzene rings is 2. The molecule has 1 heterocycles. The molecule has 1 amide bonds. The molecule has 8 heteroatoms. The Kier molecular flexibility index (Phi) is 8.82. The summed E-state index contributed by atoms with van der Waals surface area (Å²) in [5.74, 6) is 1.66. The largest absolute Gasteiger partial charge is 0.508 e. The Hall–Kier alpha value is -2.49. The lowest BCUT2D eigenvalue weighted by Crippen LogP contribution is -2.46. The molecule has 1 aliphatic heterocycles. The number of phenols is 1. The molecular weight excluding hydrogens is 531 g/mol. The van der Waals surface area contributed by atoms with E-state index in [2.05, 4.69) is 33.1 Å². The molecule has 1 saturated carbocycles. The standard InChI is InChI=1S/C25H32N4O3.HI/c1-2-26-24(28-16-15-27-23(31)18-9-11-19(30)12-10-18)29-21-17-25(13-5-6-14-25)32-22-8-4-3-7-20(21)22;/h3-4,7-12,21,30H,2,5-6,13-17H2,1H3,(H,27,31)(H2,26,28,29);1H. The van der Waals surface area contributed by atoms with Crippen molar-refractivity contribution in [1.82, 2.24) is 16.0 Å². The third-order valence-electron chi connectivity index (χ3n) is 6.16. The highest BCUT2D eigenvalue weighted by atomic mass is 127. The molecule has 2 aromatic carbocycles. The summed E-state index contributed by atoms with van der Waals surface area (Å²) in [4.78, 5) is 16.9. The number of phenolic OH excluding ortho intramolecular Hbond substituents is 1. The van der Waals surface area contributed by atoms with Gasteiger partial charge in [0.1, 0.15) is 17.1 Å². The van der Waals surface area contributed by atoms with E-state index in [1.165, 1.54) is 25.0 Å². The number of halogens is 1. The van der Waals surface area contributed by atoms with Gasteiger partial charge < -0.3 is 25.8 Å². The summed E-state index contributed by atoms with van der Waals surface area (Å²) < 4.78 is 6.46. The zero-order valence-corrected chi connectivity index (χ0v) is 21.3. The van der Waals surface area contributed by atoms with E-state index in [4.69, 9.17) is 4.74 Å². The van der Waals surface area contributed by atoms with Gasteiger partial charge in [0.05, 0.1) is 12.6 Å². The maximum atomic E-state index is 12.2. The van der Waals surface area contributed by atoms with Crippen LogP contribution in [0, 0.1) is 0 Å². The van der Waals surface area contributed by atoms with E-state index in [9.17, 15) is 9.90 Å². The minimum atomic E-state index is -0.181. The van der Waals surface area contributed by atoms with Crippen LogP contribution in [0.3, 0.4) is 0 Å². The second kappa shape index (κ2) is 11.6. The summed E-state index contributed by atoms with van der Waals surface area (Å²) >= 11 is 0. The quantitative estimate of drug-likeness (QED) is 0.183. The smallest absolute Gasteiger partial charge is 0.251 e. The maximum absolute atomic E-state index is 12.2. The lowest BCUT2D eigenvalue weighted by molar-refractivity contribution is 0.0396. The van der Waals surface area contributed by atoms with Gasteiger partial charge in [-0.05, 0) is 62.9 Å². The van der Waals surface area contributed by atoms with Gasteiger partial charge in [0.15, 0.2) is 5.96 Å². The molecule has 178 valence electrons. The number of nitrogens with zero attached hydrogens (tertiary/aromatic N) is 1. The van der Waals surface area contributed by atoms with E-state index < -0.39 is 0 Å². The highest BCUT2D eigenvalue weighted by Gasteiger charge is 2.43. The van der Waals surface area contributed by atoms with Crippen LogP contribution in [0.25, 0.3) is 0 Å². The predicted octanol–water partition coefficient (Wildman–Crippen LogP) is 4.13. The molecule has 0 bridgehead atoms. The van der Waals surface area contributed by atoms with E-state index in [1.54, 1.807) is 12.1 Å². The molecule has 7 nitrogen and oxygen atoms in total. The molecule has 1 fully saturated rings. The van der Waals surface area contributed by atoms with Gasteiger partial charge in [0.25, 0.3) is 5.91 Å². The molecule has 4 rings (SSSR count). The van der Waals surface area contributed by atoms with E-state index >= 15 is 0 Å². The molecule has 0 aromatic heterocycles. The Morgan fingerprint density at radius 3 is 2.58 bits per heavy atom. The summed E-state index contributed by atoms with van der Waals surface area (Å²) in [5, 5.41) is 19.2. The first-order valence-corrected chi connectivity index (χ1v) is 11.5. The molecular formula is C25H33IN4O3. The zero-order valence-electron chi connectivity index (χ0n) is 19.0. The summed E-state index contributed by atoms with van der Waals surface area (Å²) in [6, 6.07) is 14.6. The van der Waals surface area contributed by atoms with E-state index in [0.717, 1.165) is 43.1 Å². The van der Waals surface area contributed by atoms with Gasteiger partial charge in [0, 0.05) is 30.6 Å². The Morgan fingerprint density at radius 2 is 1.85 bits per heavy atom. The number of ether oxygens (including phenoxy) is 1. The van der Waals surface area contributed by atoms with Crippen LogP contribution in [0.1, 0.15) is 61.0 Å². The number of aromatic hydroxyl groups is 1. The van der Waals surface area contributed by atoms with Gasteiger partial charge in [-0.2, -0.15) is 0 Å². The van der Waals surface area contributed by atoms with Crippen LogP contribution in [0.4, 0.5) is 0 Å². The summed E-state index contributed by atoms with van der Waals surface area (Å²) in [6.07, 6.45) is 5.53. The minimum Gasteiger partial charge on any atom is -0.508 e. The van der Waals surface area contributed by atoms with Crippen molar-refractivity contribution >= 4 is 35.8 Å². The number of carbonyl (C=O) groups is 1. The molecule has 0 saturated heterocycles. The van der Waals surface area contributed by atoms with Crippen LogP contribution in [0.15, 0.2) is 53.5 Å². The lowest BCUT2D eigenvalue weighted by atomic mass is 9.86. The number of aliphatic imine (C=N–C) groups is 1. The zero-order chi connectivity index (χ0) is 22.4. The van der Waals surface area contributed by atoms with Gasteiger partial charge in [0.2, 0.25) is 0 Å². The molecule has 4 N–H and O–H groups in total. The van der Waals surface area contributed by atoms with Gasteiger partial charge >= 0.3 is 0 Å². The monoisotopic (exact) mass is 564 g/mol. The average Bonchev–Trinajstić information content (AvgIpc) is 3.24. The SMILES string of the molecule is CCNC(=NCCNC(=O)c1ccc(O)cc1)NC1CC2(CCCC2)Oc2ccccc21.I. The van der Waals surface area contributed by atoms with Crippen molar-refractivity contribution < 1.29 is 14.6 Å². The number of hydrogen-bond acceptors (Lipinski definition) is 4. The maximum Gasteiger partial charge on any atom is 0.251 e. The fourth-order valence-electron chi connectivity index (χ4n) is 4.61. The number of carbonyl (C=O) groups excluding carboxylic acids is 1. The third kappa shape index (κ3) is 6.31. The normalized spacial score (nSPS) is 18.6. The molecule has 1 atom stereocenters. The number of nitrogens with one attached hydrogen (secondary N) is 3. The number of guanidine groups is 1. The fraction of sp³-hybridized carbons (Fsp3) is 0.440. The summed E-state index contributed by atoms with van der Waals surface area (Å²) in [7, 11) is 0. The number of amides is 1. The highest BCUT2D eigenvalue weighted by Crippen LogP contribution is 2.46. The highest BCUT2D eigenvalue weighted by molar-refractivity contribution is 14.0. The second-order valence-electron chi connectivity index (χ2n) is 8.49. The van der Waals surface area contributed by atoms with Crippen LogP contribution in [0.5, 0.6) is 11.5 Å². The number of para-hydroxylation sites is 1. The summed E-state index contributed by atoms with van der Waals surface area (Å²) in [5.41, 5.74) is 1.59. The topological polar surface area (TPSA) is 95.0 Å². The van der Waals surface area contributed by atoms with Crippen LogP contribution in [-0.4, -0.2) is 42.2 Å². The molecule has 1 spiro atoms. The van der Waals surface area contributed by atoms with Gasteiger partial charge in [-0.15, -0.1) is 24.0 Å². The van der Waals surface area contributed by atoms with E-state index in [0.29, 0.717) is 18.7 Å². The molecule has 1 unspecified atom stereocenters. The van der Waals surface area contributed by atoms with Crippen molar-refractivity contribution in [2.75, 3.05) is 19.6 Å². The first-order chi connectivity index (χ1) is 15.6. The number of rotatable bonds is 6. The van der Waals surface area contributed by atoms with Crippen LogP contribution < -0.4 is 20.7 Å². The predicted molar refractivity (Wildman–Crippen MR) is 141 cm³/mol. The Balaban J connectivity index is 0.00000306. The molecule has 0 radical (unpaired) electrons. The van der Waals surface area contributed by atoms with E-state index in [1.807, 2.05) is 19.1 Å². The Morgan fingerprint density at radius 1 is 1.12 bits per heavy atom. The fourth-order valence-corrected chi connectivity index (χ4v) is 4.61. The van der Waals surface area contributed by atoms with Gasteiger partial charge in [-0.1, -0.05) is 18.2 Å². The number of fused-ring (bicyclic) bond motifs is 1. The van der Waals surface area contributed by atoms with E-state index in [-0.39, 0.29) is 47.3 Å². The molecule has 2 aliphatic rings. The van der Waals surface area contributed by atoms with Crippen molar-refractivity contribution in [1.29, 1.82) is 0 Å².